The second kappa shape index (κ2) is 9.81. The number of halogens is 2. The van der Waals surface area contributed by atoms with Crippen molar-refractivity contribution in [1.29, 1.82) is 0 Å². The Bertz CT molecular complexity index is 833. The lowest BCUT2D eigenvalue weighted by Crippen LogP contribution is -2.34. The van der Waals surface area contributed by atoms with Gasteiger partial charge in [0.1, 0.15) is 6.54 Å². The van der Waals surface area contributed by atoms with Crippen molar-refractivity contribution in [2.24, 2.45) is 0 Å². The van der Waals surface area contributed by atoms with Crippen LogP contribution in [-0.2, 0) is 23.9 Å². The van der Waals surface area contributed by atoms with Gasteiger partial charge in [0, 0.05) is 0 Å². The van der Waals surface area contributed by atoms with Crippen molar-refractivity contribution in [3.63, 3.8) is 0 Å². The van der Waals surface area contributed by atoms with Crippen molar-refractivity contribution in [2.45, 2.75) is 6.92 Å². The van der Waals surface area contributed by atoms with Gasteiger partial charge >= 0.3 is 11.9 Å². The summed E-state index contributed by atoms with van der Waals surface area (Å²) in [5.41, 5.74) is 0.432. The minimum absolute atomic E-state index is 0.0901. The van der Waals surface area contributed by atoms with Gasteiger partial charge in [-0.3, -0.25) is 19.3 Å². The molecule has 1 aromatic carbocycles. The number of hydrogen-bond donors (Lipinski definition) is 0. The van der Waals surface area contributed by atoms with Crippen LogP contribution in [0.2, 0.25) is 10.0 Å². The van der Waals surface area contributed by atoms with Crippen LogP contribution in [0.4, 0.5) is 4.79 Å². The molecular formula is C17H15Cl2NO7S. The zero-order chi connectivity index (χ0) is 20.8. The average molecular weight is 448 g/mol. The summed E-state index contributed by atoms with van der Waals surface area (Å²) in [5.74, 6) is -1.82. The molecule has 2 rings (SSSR count). The van der Waals surface area contributed by atoms with Gasteiger partial charge in [0.05, 0.1) is 28.7 Å². The second-order valence-corrected chi connectivity index (χ2v) is 7.06. The van der Waals surface area contributed by atoms with Crippen molar-refractivity contribution in [3.05, 3.63) is 32.6 Å². The van der Waals surface area contributed by atoms with Gasteiger partial charge in [-0.1, -0.05) is 23.2 Å². The van der Waals surface area contributed by atoms with Crippen LogP contribution >= 0.6 is 35.0 Å². The van der Waals surface area contributed by atoms with Gasteiger partial charge in [-0.25, -0.2) is 4.79 Å². The minimum Gasteiger partial charge on any atom is -0.479 e. The van der Waals surface area contributed by atoms with Crippen LogP contribution in [0.15, 0.2) is 17.0 Å². The smallest absolute Gasteiger partial charge is 0.344 e. The first-order valence-corrected chi connectivity index (χ1v) is 9.43. The number of esters is 2. The average Bonchev–Trinajstić information content (AvgIpc) is 2.88. The number of nitrogens with zero attached hydrogens (tertiary/aromatic N) is 1. The molecule has 150 valence electrons. The van der Waals surface area contributed by atoms with Crippen LogP contribution in [0.5, 0.6) is 5.75 Å². The van der Waals surface area contributed by atoms with Crippen LogP contribution < -0.4 is 4.74 Å². The van der Waals surface area contributed by atoms with Crippen molar-refractivity contribution in [2.75, 3.05) is 26.9 Å². The third-order valence-electron chi connectivity index (χ3n) is 3.35. The van der Waals surface area contributed by atoms with E-state index in [2.05, 4.69) is 4.74 Å². The fourth-order valence-electron chi connectivity index (χ4n) is 2.12. The first-order chi connectivity index (χ1) is 13.3. The highest BCUT2D eigenvalue weighted by Crippen LogP contribution is 2.37. The molecule has 2 amide bonds. The molecule has 0 bridgehead atoms. The Kier molecular flexibility index (Phi) is 7.73. The lowest BCUT2D eigenvalue weighted by atomic mass is 10.2. The Balaban J connectivity index is 2.18. The molecule has 0 aromatic heterocycles. The highest BCUT2D eigenvalue weighted by atomic mass is 35.5. The number of thioether (sulfide) groups is 1. The van der Waals surface area contributed by atoms with Crippen LogP contribution in [0.25, 0.3) is 6.08 Å². The molecule has 0 atom stereocenters. The third kappa shape index (κ3) is 5.40. The van der Waals surface area contributed by atoms with E-state index >= 15 is 0 Å². The lowest BCUT2D eigenvalue weighted by Gasteiger charge is -2.11. The molecule has 1 aliphatic rings. The Hall–Kier alpha value is -2.23. The first-order valence-electron chi connectivity index (χ1n) is 7.86. The highest BCUT2D eigenvalue weighted by Gasteiger charge is 2.36. The molecular weight excluding hydrogens is 433 g/mol. The fourth-order valence-corrected chi connectivity index (χ4v) is 3.57. The summed E-state index contributed by atoms with van der Waals surface area (Å²) in [6.45, 7) is 1.05. The van der Waals surface area contributed by atoms with Gasteiger partial charge in [-0.2, -0.15) is 0 Å². The number of carbonyl (C=O) groups excluding carboxylic acids is 4. The number of benzene rings is 1. The molecule has 0 saturated carbocycles. The second-order valence-electron chi connectivity index (χ2n) is 5.25. The number of methoxy groups -OCH3 is 1. The van der Waals surface area contributed by atoms with Crippen molar-refractivity contribution in [1.82, 2.24) is 4.90 Å². The SMILES string of the molecule is CCOC(=O)COc1c(Cl)cc(/C=C2\SC(=O)N(CC(=O)OC)C2=O)cc1Cl. The van der Waals surface area contributed by atoms with E-state index in [-0.39, 0.29) is 33.9 Å². The molecule has 28 heavy (non-hydrogen) atoms. The maximum Gasteiger partial charge on any atom is 0.344 e. The number of carbonyl (C=O) groups is 4. The maximum atomic E-state index is 12.3. The van der Waals surface area contributed by atoms with E-state index in [1.165, 1.54) is 18.2 Å². The lowest BCUT2D eigenvalue weighted by molar-refractivity contribution is -0.145. The summed E-state index contributed by atoms with van der Waals surface area (Å²) < 4.78 is 14.5. The van der Waals surface area contributed by atoms with E-state index in [0.717, 1.165) is 12.0 Å². The number of amides is 2. The van der Waals surface area contributed by atoms with Gasteiger partial charge in [-0.15, -0.1) is 0 Å². The Morgan fingerprint density at radius 1 is 1.18 bits per heavy atom. The molecule has 0 N–H and O–H groups in total. The molecule has 11 heteroatoms. The zero-order valence-electron chi connectivity index (χ0n) is 14.8. The van der Waals surface area contributed by atoms with E-state index in [0.29, 0.717) is 17.3 Å². The molecule has 0 unspecified atom stereocenters. The molecule has 1 aliphatic heterocycles. The summed E-state index contributed by atoms with van der Waals surface area (Å²) >= 11 is 13.0. The molecule has 1 heterocycles. The monoisotopic (exact) mass is 447 g/mol. The molecule has 8 nitrogen and oxygen atoms in total. The zero-order valence-corrected chi connectivity index (χ0v) is 17.2. The molecule has 1 aromatic rings. The largest absolute Gasteiger partial charge is 0.479 e. The van der Waals surface area contributed by atoms with Crippen molar-refractivity contribution < 1.29 is 33.4 Å². The van der Waals surface area contributed by atoms with Crippen LogP contribution in [-0.4, -0.2) is 54.9 Å². The number of hydrogen-bond acceptors (Lipinski definition) is 8. The van der Waals surface area contributed by atoms with E-state index < -0.39 is 29.6 Å². The fraction of sp³-hybridized carbons (Fsp3) is 0.294. The van der Waals surface area contributed by atoms with E-state index in [1.807, 2.05) is 0 Å². The highest BCUT2D eigenvalue weighted by molar-refractivity contribution is 8.18. The van der Waals surface area contributed by atoms with Crippen LogP contribution in [0, 0.1) is 0 Å². The van der Waals surface area contributed by atoms with Gasteiger partial charge in [0.2, 0.25) is 0 Å². The summed E-state index contributed by atoms with van der Waals surface area (Å²) in [7, 11) is 1.16. The summed E-state index contributed by atoms with van der Waals surface area (Å²) in [6, 6.07) is 2.92. The Morgan fingerprint density at radius 3 is 2.39 bits per heavy atom. The number of rotatable bonds is 7. The van der Waals surface area contributed by atoms with Crippen molar-refractivity contribution in [3.8, 4) is 5.75 Å². The van der Waals surface area contributed by atoms with Crippen molar-refractivity contribution >= 4 is 64.1 Å². The predicted octanol–water partition coefficient (Wildman–Crippen LogP) is 3.14. The normalized spacial score (nSPS) is 15.1. The summed E-state index contributed by atoms with van der Waals surface area (Å²) in [4.78, 5) is 47.8. The first kappa shape index (κ1) is 22.1. The van der Waals surface area contributed by atoms with Crippen LogP contribution in [0.3, 0.4) is 0 Å². The molecule has 1 saturated heterocycles. The molecule has 0 aliphatic carbocycles. The quantitative estimate of drug-likeness (QED) is 0.464. The predicted molar refractivity (Wildman–Crippen MR) is 103 cm³/mol. The Morgan fingerprint density at radius 2 is 1.82 bits per heavy atom. The Labute approximate surface area is 174 Å². The number of imide groups is 1. The summed E-state index contributed by atoms with van der Waals surface area (Å²) in [5, 5.41) is -0.373. The van der Waals surface area contributed by atoms with E-state index in [9.17, 15) is 19.2 Å². The third-order valence-corrected chi connectivity index (χ3v) is 4.82. The summed E-state index contributed by atoms with van der Waals surface area (Å²) in [6.07, 6.45) is 1.41. The minimum atomic E-state index is -0.710. The van der Waals surface area contributed by atoms with Gasteiger partial charge in [-0.05, 0) is 42.5 Å². The van der Waals surface area contributed by atoms with E-state index in [4.69, 9.17) is 32.7 Å². The van der Waals surface area contributed by atoms with Gasteiger partial charge < -0.3 is 14.2 Å². The standard InChI is InChI=1S/C17H15Cl2NO7S/c1-3-26-14(22)8-27-15-10(18)4-9(5-11(15)19)6-12-16(23)20(17(24)28-12)7-13(21)25-2/h4-6H,3,7-8H2,1-2H3/b12-6-. The molecule has 0 spiro atoms. The molecule has 0 radical (unpaired) electrons. The number of ether oxygens (including phenoxy) is 3. The topological polar surface area (TPSA) is 99.2 Å². The van der Waals surface area contributed by atoms with Gasteiger partial charge in [0.15, 0.2) is 12.4 Å². The van der Waals surface area contributed by atoms with E-state index in [1.54, 1.807) is 6.92 Å². The maximum absolute atomic E-state index is 12.3. The molecule has 1 fully saturated rings. The van der Waals surface area contributed by atoms with Gasteiger partial charge in [0.25, 0.3) is 11.1 Å². The van der Waals surface area contributed by atoms with Crippen LogP contribution in [0.1, 0.15) is 12.5 Å².